The van der Waals surface area contributed by atoms with Crippen LogP contribution < -0.4 is 4.74 Å². The lowest BCUT2D eigenvalue weighted by Gasteiger charge is -2.14. The number of nitrogens with zero attached hydrogens (tertiary/aromatic N) is 1. The van der Waals surface area contributed by atoms with E-state index in [0.717, 1.165) is 33.4 Å². The van der Waals surface area contributed by atoms with Gasteiger partial charge in [0.1, 0.15) is 12.4 Å². The zero-order valence-electron chi connectivity index (χ0n) is 15.9. The lowest BCUT2D eigenvalue weighted by molar-refractivity contribution is -0.136. The van der Waals surface area contributed by atoms with E-state index >= 15 is 0 Å². The average Bonchev–Trinajstić information content (AvgIpc) is 2.77. The number of carboxylic acids is 1. The minimum atomic E-state index is -0.797. The van der Waals surface area contributed by atoms with E-state index in [0.29, 0.717) is 13.0 Å². The molecular weight excluding hydrogens is 362 g/mol. The summed E-state index contributed by atoms with van der Waals surface area (Å²) in [5, 5.41) is 11.3. The maximum atomic E-state index is 11.0. The van der Waals surface area contributed by atoms with E-state index in [-0.39, 0.29) is 6.42 Å². The highest BCUT2D eigenvalue weighted by Gasteiger charge is 2.10. The Morgan fingerprint density at radius 3 is 2.55 bits per heavy atom. The van der Waals surface area contributed by atoms with Crippen molar-refractivity contribution >= 4 is 16.7 Å². The number of aryl methyl sites for hydroxylation is 1. The van der Waals surface area contributed by atoms with Gasteiger partial charge in [-0.3, -0.25) is 9.78 Å². The number of aromatic nitrogens is 1. The molecule has 0 bridgehead atoms. The highest BCUT2D eigenvalue weighted by molar-refractivity contribution is 5.88. The summed E-state index contributed by atoms with van der Waals surface area (Å²) in [6.45, 7) is 0.420. The van der Waals surface area contributed by atoms with E-state index in [2.05, 4.69) is 35.3 Å². The average molecular weight is 383 g/mol. The number of aliphatic carboxylic acids is 1. The summed E-state index contributed by atoms with van der Waals surface area (Å²) in [7, 11) is 0. The third-order valence-electron chi connectivity index (χ3n) is 4.85. The van der Waals surface area contributed by atoms with Crippen LogP contribution in [-0.2, 0) is 17.8 Å². The van der Waals surface area contributed by atoms with Gasteiger partial charge in [0.15, 0.2) is 0 Å². The summed E-state index contributed by atoms with van der Waals surface area (Å²) in [4.78, 5) is 15.1. The van der Waals surface area contributed by atoms with Crippen molar-refractivity contribution in [2.45, 2.75) is 19.4 Å². The molecule has 0 saturated carbocycles. The highest BCUT2D eigenvalue weighted by Crippen LogP contribution is 2.34. The molecule has 0 atom stereocenters. The summed E-state index contributed by atoms with van der Waals surface area (Å²) in [6, 6.07) is 24.3. The number of rotatable bonds is 7. The van der Waals surface area contributed by atoms with Gasteiger partial charge in [-0.2, -0.15) is 0 Å². The molecule has 0 unspecified atom stereocenters. The number of carboxylic acid groups (broad SMARTS) is 1. The van der Waals surface area contributed by atoms with Crippen LogP contribution in [0.2, 0.25) is 0 Å². The summed E-state index contributed by atoms with van der Waals surface area (Å²) in [5.74, 6) is -0.0302. The number of carbonyl (C=O) groups is 1. The molecule has 3 aromatic carbocycles. The van der Waals surface area contributed by atoms with Crippen LogP contribution >= 0.6 is 0 Å². The van der Waals surface area contributed by atoms with Crippen molar-refractivity contribution in [3.8, 4) is 16.9 Å². The molecular formula is C25H21NO3. The molecule has 0 radical (unpaired) electrons. The summed E-state index contributed by atoms with van der Waals surface area (Å²) in [5.41, 5.74) is 3.97. The maximum Gasteiger partial charge on any atom is 0.303 e. The molecule has 4 rings (SSSR count). The van der Waals surface area contributed by atoms with E-state index in [1.54, 1.807) is 12.4 Å². The Labute approximate surface area is 169 Å². The Kier molecular flexibility index (Phi) is 5.52. The van der Waals surface area contributed by atoms with Gasteiger partial charge in [-0.25, -0.2) is 0 Å². The van der Waals surface area contributed by atoms with Crippen molar-refractivity contribution in [2.24, 2.45) is 0 Å². The molecule has 0 aliphatic rings. The molecule has 1 heterocycles. The molecule has 1 N–H and O–H groups in total. The largest absolute Gasteiger partial charge is 0.488 e. The van der Waals surface area contributed by atoms with Gasteiger partial charge in [-0.1, -0.05) is 48.5 Å². The first-order valence-corrected chi connectivity index (χ1v) is 9.55. The van der Waals surface area contributed by atoms with Crippen molar-refractivity contribution in [3.63, 3.8) is 0 Å². The number of hydrogen-bond donors (Lipinski definition) is 1. The second kappa shape index (κ2) is 8.57. The van der Waals surface area contributed by atoms with Gasteiger partial charge in [0.05, 0.1) is 0 Å². The van der Waals surface area contributed by atoms with Gasteiger partial charge in [-0.15, -0.1) is 0 Å². The Balaban J connectivity index is 1.70. The number of benzene rings is 3. The third-order valence-corrected chi connectivity index (χ3v) is 4.85. The van der Waals surface area contributed by atoms with Gasteiger partial charge in [0.25, 0.3) is 0 Å². The fourth-order valence-electron chi connectivity index (χ4n) is 3.34. The summed E-state index contributed by atoms with van der Waals surface area (Å²) >= 11 is 0. The summed E-state index contributed by atoms with van der Waals surface area (Å²) < 4.78 is 6.11. The van der Waals surface area contributed by atoms with Crippen molar-refractivity contribution in [2.75, 3.05) is 0 Å². The smallest absolute Gasteiger partial charge is 0.303 e. The topological polar surface area (TPSA) is 59.4 Å². The number of ether oxygens (including phenoxy) is 1. The quantitative estimate of drug-likeness (QED) is 0.458. The first-order chi connectivity index (χ1) is 14.2. The van der Waals surface area contributed by atoms with Crippen molar-refractivity contribution < 1.29 is 14.6 Å². The molecule has 4 heteroatoms. The lowest BCUT2D eigenvalue weighted by Crippen LogP contribution is -2.00. The first kappa shape index (κ1) is 18.7. The molecule has 0 aliphatic carbocycles. The Hall–Kier alpha value is -3.66. The van der Waals surface area contributed by atoms with Gasteiger partial charge < -0.3 is 9.84 Å². The lowest BCUT2D eigenvalue weighted by atomic mass is 9.97. The fraction of sp³-hybridized carbons (Fsp3) is 0.120. The molecule has 4 aromatic rings. The zero-order valence-corrected chi connectivity index (χ0v) is 15.9. The summed E-state index contributed by atoms with van der Waals surface area (Å²) in [6.07, 6.45) is 4.12. The van der Waals surface area contributed by atoms with E-state index in [9.17, 15) is 4.79 Å². The molecule has 29 heavy (non-hydrogen) atoms. The van der Waals surface area contributed by atoms with Gasteiger partial charge >= 0.3 is 5.97 Å². The molecule has 4 nitrogen and oxygen atoms in total. The standard InChI is InChI=1S/C25H21NO3/c27-25(28)12-8-18-7-11-24(29-17-19-4-3-13-26-16-19)23(14-18)22-10-9-20-5-1-2-6-21(20)15-22/h1-7,9-11,13-16H,8,12,17H2,(H,27,28). The van der Waals surface area contributed by atoms with Crippen LogP contribution in [0.5, 0.6) is 5.75 Å². The van der Waals surface area contributed by atoms with Crippen molar-refractivity contribution in [1.29, 1.82) is 0 Å². The highest BCUT2D eigenvalue weighted by atomic mass is 16.5. The second-order valence-electron chi connectivity index (χ2n) is 6.94. The molecule has 1 aromatic heterocycles. The van der Waals surface area contributed by atoms with Crippen LogP contribution in [0.1, 0.15) is 17.5 Å². The molecule has 0 saturated heterocycles. The van der Waals surface area contributed by atoms with Crippen molar-refractivity contribution in [1.82, 2.24) is 4.98 Å². The van der Waals surface area contributed by atoms with Crippen molar-refractivity contribution in [3.05, 3.63) is 96.3 Å². The van der Waals surface area contributed by atoms with E-state index < -0.39 is 5.97 Å². The number of pyridine rings is 1. The normalized spacial score (nSPS) is 10.8. The van der Waals surface area contributed by atoms with Crippen LogP contribution in [0, 0.1) is 0 Å². The van der Waals surface area contributed by atoms with Crippen LogP contribution in [0.3, 0.4) is 0 Å². The van der Waals surface area contributed by atoms with Crippen LogP contribution in [-0.4, -0.2) is 16.1 Å². The van der Waals surface area contributed by atoms with Crippen LogP contribution in [0.4, 0.5) is 0 Å². The Morgan fingerprint density at radius 1 is 0.897 bits per heavy atom. The first-order valence-electron chi connectivity index (χ1n) is 9.55. The molecule has 0 fully saturated rings. The predicted molar refractivity (Wildman–Crippen MR) is 114 cm³/mol. The van der Waals surface area contributed by atoms with Crippen LogP contribution in [0.25, 0.3) is 21.9 Å². The van der Waals surface area contributed by atoms with E-state index in [1.807, 2.05) is 42.5 Å². The molecule has 0 aliphatic heterocycles. The maximum absolute atomic E-state index is 11.0. The Bertz CT molecular complexity index is 1140. The number of hydrogen-bond acceptors (Lipinski definition) is 3. The fourth-order valence-corrected chi connectivity index (χ4v) is 3.34. The van der Waals surface area contributed by atoms with E-state index in [4.69, 9.17) is 9.84 Å². The second-order valence-corrected chi connectivity index (χ2v) is 6.94. The molecule has 0 amide bonds. The van der Waals surface area contributed by atoms with E-state index in [1.165, 1.54) is 5.39 Å². The number of fused-ring (bicyclic) bond motifs is 1. The minimum Gasteiger partial charge on any atom is -0.488 e. The van der Waals surface area contributed by atoms with Gasteiger partial charge in [-0.05, 0) is 52.6 Å². The monoisotopic (exact) mass is 383 g/mol. The SMILES string of the molecule is O=C(O)CCc1ccc(OCc2cccnc2)c(-c2ccc3ccccc3c2)c1. The zero-order chi connectivity index (χ0) is 20.1. The van der Waals surface area contributed by atoms with Crippen LogP contribution in [0.15, 0.2) is 85.2 Å². The molecule has 144 valence electrons. The molecule has 0 spiro atoms. The van der Waals surface area contributed by atoms with Gasteiger partial charge in [0, 0.05) is 29.9 Å². The third kappa shape index (κ3) is 4.61. The Morgan fingerprint density at radius 2 is 1.76 bits per heavy atom. The minimum absolute atomic E-state index is 0.104. The predicted octanol–water partition coefficient (Wildman–Crippen LogP) is 5.50. The van der Waals surface area contributed by atoms with Gasteiger partial charge in [0.2, 0.25) is 0 Å².